The first-order valence-corrected chi connectivity index (χ1v) is 6.68. The van der Waals surface area contributed by atoms with E-state index >= 15 is 0 Å². The van der Waals surface area contributed by atoms with Gasteiger partial charge in [-0.05, 0) is 58.2 Å². The molecule has 0 bridgehead atoms. The fraction of sp³-hybridized carbons (Fsp3) is 0.538. The Kier molecular flexibility index (Phi) is 6.70. The van der Waals surface area contributed by atoms with Gasteiger partial charge in [0.2, 0.25) is 0 Å². The Bertz CT molecular complexity index is 342. The Balaban J connectivity index is 2.20. The highest BCUT2D eigenvalue weighted by Gasteiger charge is 2.01. The fourth-order valence-electron chi connectivity index (χ4n) is 1.58. The summed E-state index contributed by atoms with van der Waals surface area (Å²) in [5, 5.41) is 3.26. The predicted octanol–water partition coefficient (Wildman–Crippen LogP) is 3.02. The van der Waals surface area contributed by atoms with Gasteiger partial charge in [-0.2, -0.15) is 0 Å². The van der Waals surface area contributed by atoms with Crippen LogP contribution >= 0.6 is 15.9 Å². The zero-order chi connectivity index (χ0) is 12.7. The lowest BCUT2D eigenvalue weighted by molar-refractivity contribution is 0.391. The van der Waals surface area contributed by atoms with E-state index in [9.17, 15) is 4.39 Å². The van der Waals surface area contributed by atoms with E-state index in [1.807, 2.05) is 6.07 Å². The van der Waals surface area contributed by atoms with Gasteiger partial charge >= 0.3 is 0 Å². The van der Waals surface area contributed by atoms with Crippen molar-refractivity contribution in [2.75, 3.05) is 27.2 Å². The standard InChI is InChI=1S/C13H20BrFN2/c1-17(2)8-4-3-7-16-10-11-9-12(14)5-6-13(11)15/h5-6,9,16H,3-4,7-8,10H2,1-2H3. The van der Waals surface area contributed by atoms with E-state index in [4.69, 9.17) is 0 Å². The minimum atomic E-state index is -0.144. The number of nitrogens with one attached hydrogen (secondary N) is 1. The Hall–Kier alpha value is -0.450. The zero-order valence-electron chi connectivity index (χ0n) is 10.5. The first-order chi connectivity index (χ1) is 8.09. The smallest absolute Gasteiger partial charge is 0.127 e. The highest BCUT2D eigenvalue weighted by atomic mass is 79.9. The van der Waals surface area contributed by atoms with Gasteiger partial charge in [-0.15, -0.1) is 0 Å². The SMILES string of the molecule is CN(C)CCCCNCc1cc(Br)ccc1F. The Morgan fingerprint density at radius 2 is 2.06 bits per heavy atom. The number of halogens is 2. The van der Waals surface area contributed by atoms with Crippen LogP contribution in [0.2, 0.25) is 0 Å². The average molecular weight is 303 g/mol. The molecule has 0 fully saturated rings. The third-order valence-electron chi connectivity index (χ3n) is 2.53. The molecule has 0 saturated heterocycles. The zero-order valence-corrected chi connectivity index (χ0v) is 12.1. The normalized spacial score (nSPS) is 11.1. The van der Waals surface area contributed by atoms with Gasteiger partial charge in [-0.3, -0.25) is 0 Å². The van der Waals surface area contributed by atoms with Gasteiger partial charge in [0.05, 0.1) is 0 Å². The van der Waals surface area contributed by atoms with Gasteiger partial charge in [0, 0.05) is 16.6 Å². The number of rotatable bonds is 7. The lowest BCUT2D eigenvalue weighted by Crippen LogP contribution is -2.18. The molecule has 0 aliphatic heterocycles. The number of unbranched alkanes of at least 4 members (excludes halogenated alkanes) is 1. The molecule has 0 heterocycles. The van der Waals surface area contributed by atoms with Gasteiger partial charge in [0.15, 0.2) is 0 Å². The summed E-state index contributed by atoms with van der Waals surface area (Å²) >= 11 is 3.35. The molecule has 1 aromatic carbocycles. The molecule has 1 aromatic rings. The van der Waals surface area contributed by atoms with Crippen molar-refractivity contribution in [1.82, 2.24) is 10.2 Å². The topological polar surface area (TPSA) is 15.3 Å². The average Bonchev–Trinajstić information content (AvgIpc) is 2.27. The molecular weight excluding hydrogens is 283 g/mol. The number of benzene rings is 1. The highest BCUT2D eigenvalue weighted by Crippen LogP contribution is 2.15. The monoisotopic (exact) mass is 302 g/mol. The van der Waals surface area contributed by atoms with E-state index in [1.54, 1.807) is 6.07 Å². The summed E-state index contributed by atoms with van der Waals surface area (Å²) in [4.78, 5) is 2.17. The summed E-state index contributed by atoms with van der Waals surface area (Å²) in [6.07, 6.45) is 2.29. The lowest BCUT2D eigenvalue weighted by atomic mass is 10.2. The van der Waals surface area contributed by atoms with Crippen molar-refractivity contribution >= 4 is 15.9 Å². The summed E-state index contributed by atoms with van der Waals surface area (Å²) in [5.41, 5.74) is 0.715. The Morgan fingerprint density at radius 1 is 1.29 bits per heavy atom. The first kappa shape index (κ1) is 14.6. The number of hydrogen-bond donors (Lipinski definition) is 1. The second-order valence-corrected chi connectivity index (χ2v) is 5.34. The van der Waals surface area contributed by atoms with E-state index in [0.717, 1.165) is 24.0 Å². The largest absolute Gasteiger partial charge is 0.313 e. The van der Waals surface area contributed by atoms with Crippen LogP contribution in [-0.4, -0.2) is 32.1 Å². The second-order valence-electron chi connectivity index (χ2n) is 4.42. The van der Waals surface area contributed by atoms with Gasteiger partial charge in [0.1, 0.15) is 5.82 Å². The third kappa shape index (κ3) is 6.15. The third-order valence-corrected chi connectivity index (χ3v) is 3.03. The van der Waals surface area contributed by atoms with Crippen LogP contribution in [0.3, 0.4) is 0 Å². The van der Waals surface area contributed by atoms with Gasteiger partial charge in [0.25, 0.3) is 0 Å². The molecule has 4 heteroatoms. The van der Waals surface area contributed by atoms with Crippen LogP contribution in [0.4, 0.5) is 4.39 Å². The van der Waals surface area contributed by atoms with E-state index < -0.39 is 0 Å². The van der Waals surface area contributed by atoms with E-state index in [-0.39, 0.29) is 5.82 Å². The van der Waals surface area contributed by atoms with E-state index in [2.05, 4.69) is 40.2 Å². The summed E-state index contributed by atoms with van der Waals surface area (Å²) in [5.74, 6) is -0.144. The van der Waals surface area contributed by atoms with Crippen LogP contribution < -0.4 is 5.32 Å². The second kappa shape index (κ2) is 7.80. The van der Waals surface area contributed by atoms with E-state index in [1.165, 1.54) is 12.5 Å². The molecule has 0 atom stereocenters. The van der Waals surface area contributed by atoms with Crippen LogP contribution in [0.25, 0.3) is 0 Å². The molecule has 0 unspecified atom stereocenters. The van der Waals surface area contributed by atoms with Crippen molar-refractivity contribution in [3.8, 4) is 0 Å². The number of hydrogen-bond acceptors (Lipinski definition) is 2. The maximum Gasteiger partial charge on any atom is 0.127 e. The van der Waals surface area contributed by atoms with Crippen molar-refractivity contribution < 1.29 is 4.39 Å². The van der Waals surface area contributed by atoms with E-state index in [0.29, 0.717) is 12.1 Å². The molecule has 0 radical (unpaired) electrons. The number of nitrogens with zero attached hydrogens (tertiary/aromatic N) is 1. The van der Waals surface area contributed by atoms with Crippen LogP contribution in [0, 0.1) is 5.82 Å². The van der Waals surface area contributed by atoms with Crippen LogP contribution in [-0.2, 0) is 6.54 Å². The molecule has 1 N–H and O–H groups in total. The minimum Gasteiger partial charge on any atom is -0.313 e. The summed E-state index contributed by atoms with van der Waals surface area (Å²) in [7, 11) is 4.15. The van der Waals surface area contributed by atoms with Crippen molar-refractivity contribution in [2.45, 2.75) is 19.4 Å². The first-order valence-electron chi connectivity index (χ1n) is 5.89. The molecule has 1 rings (SSSR count). The fourth-order valence-corrected chi connectivity index (χ4v) is 1.99. The Labute approximate surface area is 111 Å². The highest BCUT2D eigenvalue weighted by molar-refractivity contribution is 9.10. The molecule has 96 valence electrons. The molecule has 0 saturated carbocycles. The summed E-state index contributed by atoms with van der Waals surface area (Å²) in [6, 6.07) is 5.03. The van der Waals surface area contributed by atoms with Crippen molar-refractivity contribution in [1.29, 1.82) is 0 Å². The molecule has 17 heavy (non-hydrogen) atoms. The molecule has 0 aromatic heterocycles. The van der Waals surface area contributed by atoms with Gasteiger partial charge < -0.3 is 10.2 Å². The maximum absolute atomic E-state index is 13.4. The van der Waals surface area contributed by atoms with Crippen molar-refractivity contribution in [3.63, 3.8) is 0 Å². The van der Waals surface area contributed by atoms with Crippen LogP contribution in [0.5, 0.6) is 0 Å². The summed E-state index contributed by atoms with van der Waals surface area (Å²) < 4.78 is 14.3. The van der Waals surface area contributed by atoms with Crippen LogP contribution in [0.15, 0.2) is 22.7 Å². The molecule has 0 amide bonds. The van der Waals surface area contributed by atoms with Crippen molar-refractivity contribution in [3.05, 3.63) is 34.1 Å². The molecule has 0 aliphatic carbocycles. The van der Waals surface area contributed by atoms with Gasteiger partial charge in [-0.25, -0.2) is 4.39 Å². The quantitative estimate of drug-likeness (QED) is 0.779. The van der Waals surface area contributed by atoms with Crippen LogP contribution in [0.1, 0.15) is 18.4 Å². The Morgan fingerprint density at radius 3 is 2.76 bits per heavy atom. The molecule has 0 aliphatic rings. The predicted molar refractivity (Wildman–Crippen MR) is 73.6 cm³/mol. The summed E-state index contributed by atoms with van der Waals surface area (Å²) in [6.45, 7) is 2.62. The van der Waals surface area contributed by atoms with Crippen molar-refractivity contribution in [2.24, 2.45) is 0 Å². The molecule has 0 spiro atoms. The maximum atomic E-state index is 13.4. The van der Waals surface area contributed by atoms with Gasteiger partial charge in [-0.1, -0.05) is 15.9 Å². The molecule has 2 nitrogen and oxygen atoms in total. The molecular formula is C13H20BrFN2. The lowest BCUT2D eigenvalue weighted by Gasteiger charge is -2.09. The minimum absolute atomic E-state index is 0.144.